The van der Waals surface area contributed by atoms with Gasteiger partial charge in [0.15, 0.2) is 0 Å². The fourth-order valence-corrected chi connectivity index (χ4v) is 2.95. The first-order valence-electron chi connectivity index (χ1n) is 7.24. The number of halogens is 1. The number of rotatable bonds is 3. The first kappa shape index (κ1) is 15.1. The van der Waals surface area contributed by atoms with Gasteiger partial charge in [0.25, 0.3) is 0 Å². The van der Waals surface area contributed by atoms with E-state index in [0.717, 1.165) is 25.9 Å². The molecule has 1 unspecified atom stereocenters. The molecule has 0 amide bonds. The third-order valence-corrected chi connectivity index (χ3v) is 4.30. The van der Waals surface area contributed by atoms with Gasteiger partial charge in [-0.15, -0.1) is 0 Å². The number of anilines is 1. The number of nitrogens with two attached hydrogens (primary N) is 1. The molecule has 1 fully saturated rings. The summed E-state index contributed by atoms with van der Waals surface area (Å²) < 4.78 is 10.8. The number of likely N-dealkylation sites (N-methyl/N-ethyl adjacent to an activating group) is 1. The van der Waals surface area contributed by atoms with Crippen molar-refractivity contribution in [1.29, 1.82) is 0 Å². The van der Waals surface area contributed by atoms with E-state index >= 15 is 0 Å². The second kappa shape index (κ2) is 6.14. The number of benzene rings is 1. The van der Waals surface area contributed by atoms with Gasteiger partial charge in [0.05, 0.1) is 29.3 Å². The van der Waals surface area contributed by atoms with Crippen molar-refractivity contribution in [1.82, 2.24) is 15.0 Å². The van der Waals surface area contributed by atoms with Gasteiger partial charge in [-0.25, -0.2) is 0 Å². The third kappa shape index (κ3) is 2.89. The van der Waals surface area contributed by atoms with Crippen LogP contribution in [0.2, 0.25) is 5.02 Å². The van der Waals surface area contributed by atoms with Gasteiger partial charge in [-0.2, -0.15) is 4.98 Å². The Hall–Kier alpha value is -1.79. The van der Waals surface area contributed by atoms with Crippen LogP contribution in [0.4, 0.5) is 5.69 Å². The van der Waals surface area contributed by atoms with Crippen LogP contribution in [0.5, 0.6) is 5.75 Å². The van der Waals surface area contributed by atoms with Crippen molar-refractivity contribution >= 4 is 17.3 Å². The van der Waals surface area contributed by atoms with Crippen LogP contribution < -0.4 is 10.5 Å². The van der Waals surface area contributed by atoms with Gasteiger partial charge in [0, 0.05) is 12.6 Å². The minimum absolute atomic E-state index is 0.273. The molecule has 0 saturated carbocycles. The number of aromatic nitrogens is 2. The van der Waals surface area contributed by atoms with Crippen LogP contribution in [0.25, 0.3) is 11.4 Å². The van der Waals surface area contributed by atoms with Crippen LogP contribution in [0.15, 0.2) is 16.7 Å². The first-order valence-corrected chi connectivity index (χ1v) is 7.62. The number of nitrogen functional groups attached to an aromatic ring is 1. The molecule has 2 aromatic rings. The standard InChI is InChI=1S/C15H19ClN4O2/c1-20-5-3-4-9(8-20)15-18-14(19-22-15)10-6-11(16)12(17)7-13(10)21-2/h6-7,9H,3-5,8,17H2,1-2H3. The average Bonchev–Trinajstić information content (AvgIpc) is 2.99. The summed E-state index contributed by atoms with van der Waals surface area (Å²) in [7, 11) is 3.68. The Morgan fingerprint density at radius 3 is 3.00 bits per heavy atom. The Kier molecular flexibility index (Phi) is 4.22. The number of hydrogen-bond acceptors (Lipinski definition) is 6. The van der Waals surface area contributed by atoms with Crippen LogP contribution in [-0.2, 0) is 0 Å². The van der Waals surface area contributed by atoms with E-state index in [1.165, 1.54) is 0 Å². The Labute approximate surface area is 134 Å². The molecule has 7 heteroatoms. The second-order valence-electron chi connectivity index (χ2n) is 5.63. The Morgan fingerprint density at radius 2 is 2.27 bits per heavy atom. The Morgan fingerprint density at radius 1 is 1.45 bits per heavy atom. The number of hydrogen-bond donors (Lipinski definition) is 1. The molecule has 2 N–H and O–H groups in total. The minimum Gasteiger partial charge on any atom is -0.496 e. The van der Waals surface area contributed by atoms with Crippen LogP contribution in [0, 0.1) is 0 Å². The monoisotopic (exact) mass is 322 g/mol. The zero-order chi connectivity index (χ0) is 15.7. The van der Waals surface area contributed by atoms with Crippen LogP contribution in [-0.4, -0.2) is 42.3 Å². The van der Waals surface area contributed by atoms with Gasteiger partial charge in [-0.1, -0.05) is 16.8 Å². The van der Waals surface area contributed by atoms with E-state index in [0.29, 0.717) is 33.7 Å². The Bertz CT molecular complexity index is 674. The molecular weight excluding hydrogens is 304 g/mol. The van der Waals surface area contributed by atoms with Crippen LogP contribution in [0.3, 0.4) is 0 Å². The van der Waals surface area contributed by atoms with E-state index in [-0.39, 0.29) is 5.92 Å². The van der Waals surface area contributed by atoms with E-state index in [1.54, 1.807) is 19.2 Å². The highest BCUT2D eigenvalue weighted by molar-refractivity contribution is 6.33. The van der Waals surface area contributed by atoms with E-state index in [9.17, 15) is 0 Å². The summed E-state index contributed by atoms with van der Waals surface area (Å²) in [4.78, 5) is 6.81. The van der Waals surface area contributed by atoms with Crippen molar-refractivity contribution in [3.63, 3.8) is 0 Å². The molecule has 118 valence electrons. The van der Waals surface area contributed by atoms with E-state index in [2.05, 4.69) is 22.1 Å². The molecule has 0 spiro atoms. The summed E-state index contributed by atoms with van der Waals surface area (Å²) in [5.41, 5.74) is 6.94. The fourth-order valence-electron chi connectivity index (χ4n) is 2.79. The van der Waals surface area contributed by atoms with E-state index in [1.807, 2.05) is 0 Å². The van der Waals surface area contributed by atoms with Crippen molar-refractivity contribution < 1.29 is 9.26 Å². The molecule has 0 aliphatic carbocycles. The largest absolute Gasteiger partial charge is 0.496 e. The minimum atomic E-state index is 0.273. The summed E-state index contributed by atoms with van der Waals surface area (Å²) in [5, 5.41) is 4.53. The van der Waals surface area contributed by atoms with Gasteiger partial charge >= 0.3 is 0 Å². The molecule has 2 heterocycles. The van der Waals surface area contributed by atoms with Gasteiger partial charge in [-0.05, 0) is 32.5 Å². The zero-order valence-electron chi connectivity index (χ0n) is 12.7. The molecule has 6 nitrogen and oxygen atoms in total. The van der Waals surface area contributed by atoms with Crippen molar-refractivity contribution in [2.24, 2.45) is 0 Å². The van der Waals surface area contributed by atoms with Gasteiger partial charge < -0.3 is 19.9 Å². The fraction of sp³-hybridized carbons (Fsp3) is 0.467. The molecule has 1 atom stereocenters. The van der Waals surface area contributed by atoms with E-state index < -0.39 is 0 Å². The number of likely N-dealkylation sites (tertiary alicyclic amines) is 1. The molecule has 3 rings (SSSR count). The molecule has 0 radical (unpaired) electrons. The predicted octanol–water partition coefficient (Wildman–Crippen LogP) is 2.79. The lowest BCUT2D eigenvalue weighted by Gasteiger charge is -2.27. The summed E-state index contributed by atoms with van der Waals surface area (Å²) in [5.74, 6) is 1.99. The molecule has 22 heavy (non-hydrogen) atoms. The van der Waals surface area contributed by atoms with Gasteiger partial charge in [-0.3, -0.25) is 0 Å². The van der Waals surface area contributed by atoms with Crippen LogP contribution >= 0.6 is 11.6 Å². The normalized spacial score (nSPS) is 19.3. The lowest BCUT2D eigenvalue weighted by atomic mass is 9.98. The SMILES string of the molecule is COc1cc(N)c(Cl)cc1-c1noc(C2CCCN(C)C2)n1. The highest BCUT2D eigenvalue weighted by atomic mass is 35.5. The van der Waals surface area contributed by atoms with Crippen molar-refractivity contribution in [2.45, 2.75) is 18.8 Å². The second-order valence-corrected chi connectivity index (χ2v) is 6.04. The Balaban J connectivity index is 1.92. The number of methoxy groups -OCH3 is 1. The van der Waals surface area contributed by atoms with Gasteiger partial charge in [0.2, 0.25) is 11.7 Å². The topological polar surface area (TPSA) is 77.4 Å². The number of piperidine rings is 1. The van der Waals surface area contributed by atoms with Crippen molar-refractivity contribution in [2.75, 3.05) is 33.0 Å². The molecule has 1 aliphatic rings. The maximum atomic E-state index is 6.09. The zero-order valence-corrected chi connectivity index (χ0v) is 13.4. The summed E-state index contributed by atoms with van der Waals surface area (Å²) in [6.07, 6.45) is 2.20. The highest BCUT2D eigenvalue weighted by Crippen LogP contribution is 2.35. The van der Waals surface area contributed by atoms with E-state index in [4.69, 9.17) is 26.6 Å². The molecule has 1 saturated heterocycles. The summed E-state index contributed by atoms with van der Waals surface area (Å²) >= 11 is 6.09. The first-order chi connectivity index (χ1) is 10.6. The maximum Gasteiger partial charge on any atom is 0.231 e. The third-order valence-electron chi connectivity index (χ3n) is 3.98. The predicted molar refractivity (Wildman–Crippen MR) is 85.2 cm³/mol. The lowest BCUT2D eigenvalue weighted by Crippen LogP contribution is -2.30. The summed E-state index contributed by atoms with van der Waals surface area (Å²) in [6.45, 7) is 2.04. The lowest BCUT2D eigenvalue weighted by molar-refractivity contribution is 0.220. The average molecular weight is 323 g/mol. The number of nitrogens with zero attached hydrogens (tertiary/aromatic N) is 3. The smallest absolute Gasteiger partial charge is 0.231 e. The number of ether oxygens (including phenoxy) is 1. The molecule has 1 aliphatic heterocycles. The quantitative estimate of drug-likeness (QED) is 0.875. The van der Waals surface area contributed by atoms with Crippen molar-refractivity contribution in [3.05, 3.63) is 23.0 Å². The highest BCUT2D eigenvalue weighted by Gasteiger charge is 2.25. The summed E-state index contributed by atoms with van der Waals surface area (Å²) in [6, 6.07) is 3.37. The van der Waals surface area contributed by atoms with Gasteiger partial charge in [0.1, 0.15) is 5.75 Å². The molecule has 1 aromatic heterocycles. The van der Waals surface area contributed by atoms with Crippen LogP contribution in [0.1, 0.15) is 24.7 Å². The molecule has 0 bridgehead atoms. The molecule has 1 aromatic carbocycles. The van der Waals surface area contributed by atoms with Crippen molar-refractivity contribution in [3.8, 4) is 17.1 Å². The maximum absolute atomic E-state index is 6.09. The molecular formula is C15H19ClN4O2.